The van der Waals surface area contributed by atoms with Crippen molar-refractivity contribution in [1.29, 1.82) is 0 Å². The predicted octanol–water partition coefficient (Wildman–Crippen LogP) is 2.04. The van der Waals surface area contributed by atoms with E-state index in [1.807, 2.05) is 12.1 Å². The van der Waals surface area contributed by atoms with Crippen LogP contribution in [0, 0.1) is 5.82 Å². The topological polar surface area (TPSA) is 32.8 Å². The molecule has 3 atom stereocenters. The molecule has 1 amide bonds. The Kier molecular flexibility index (Phi) is 4.45. The van der Waals surface area contributed by atoms with Crippen molar-refractivity contribution in [1.82, 2.24) is 9.80 Å². The highest BCUT2D eigenvalue weighted by atomic mass is 19.1. The number of amides is 1. The molecule has 2 saturated heterocycles. The second-order valence-electron chi connectivity index (χ2n) is 6.39. The van der Waals surface area contributed by atoms with Gasteiger partial charge in [-0.25, -0.2) is 4.39 Å². The SMILES string of the molecule is CN(C)C(=O)[C@@H]1CC[C@H]2[C@H](CCN2Cc2ccccc2F)O1. The summed E-state index contributed by atoms with van der Waals surface area (Å²) >= 11 is 0. The van der Waals surface area contributed by atoms with Crippen molar-refractivity contribution in [3.63, 3.8) is 0 Å². The van der Waals surface area contributed by atoms with Gasteiger partial charge in [0.1, 0.15) is 11.9 Å². The molecule has 0 aliphatic carbocycles. The Morgan fingerprint density at radius 1 is 1.32 bits per heavy atom. The zero-order valence-electron chi connectivity index (χ0n) is 13.2. The summed E-state index contributed by atoms with van der Waals surface area (Å²) in [6, 6.07) is 7.23. The number of hydrogen-bond acceptors (Lipinski definition) is 3. The van der Waals surface area contributed by atoms with E-state index >= 15 is 0 Å². The van der Waals surface area contributed by atoms with Gasteiger partial charge in [0.25, 0.3) is 5.91 Å². The lowest BCUT2D eigenvalue weighted by molar-refractivity contribution is -0.152. The van der Waals surface area contributed by atoms with Crippen LogP contribution >= 0.6 is 0 Å². The zero-order valence-corrected chi connectivity index (χ0v) is 13.2. The number of fused-ring (bicyclic) bond motifs is 1. The van der Waals surface area contributed by atoms with E-state index < -0.39 is 0 Å². The third kappa shape index (κ3) is 3.01. The zero-order chi connectivity index (χ0) is 15.7. The first-order chi connectivity index (χ1) is 10.6. The lowest BCUT2D eigenvalue weighted by Gasteiger charge is -2.36. The maximum Gasteiger partial charge on any atom is 0.251 e. The van der Waals surface area contributed by atoms with Gasteiger partial charge in [-0.1, -0.05) is 18.2 Å². The quantitative estimate of drug-likeness (QED) is 0.857. The Morgan fingerprint density at radius 2 is 2.09 bits per heavy atom. The van der Waals surface area contributed by atoms with Gasteiger partial charge in [-0.05, 0) is 25.3 Å². The molecular formula is C17H23FN2O2. The highest BCUT2D eigenvalue weighted by Gasteiger charge is 2.41. The fourth-order valence-corrected chi connectivity index (χ4v) is 3.53. The molecule has 5 heteroatoms. The number of likely N-dealkylation sites (tertiary alicyclic amines) is 1. The van der Waals surface area contributed by atoms with Crippen LogP contribution in [0.5, 0.6) is 0 Å². The van der Waals surface area contributed by atoms with Crippen LogP contribution in [-0.4, -0.2) is 54.6 Å². The Bertz CT molecular complexity index is 549. The molecule has 2 heterocycles. The number of benzene rings is 1. The summed E-state index contributed by atoms with van der Waals surface area (Å²) in [4.78, 5) is 15.9. The summed E-state index contributed by atoms with van der Waals surface area (Å²) in [7, 11) is 3.52. The van der Waals surface area contributed by atoms with Crippen molar-refractivity contribution in [2.75, 3.05) is 20.6 Å². The van der Waals surface area contributed by atoms with E-state index in [0.717, 1.165) is 31.4 Å². The average molecular weight is 306 g/mol. The standard InChI is InChI=1S/C17H23FN2O2/c1-19(2)17(21)16-8-7-14-15(22-16)9-10-20(14)11-12-5-3-4-6-13(12)18/h3-6,14-16H,7-11H2,1-2H3/t14-,15-,16-/m0/s1. The van der Waals surface area contributed by atoms with E-state index in [-0.39, 0.29) is 23.9 Å². The predicted molar refractivity (Wildman–Crippen MR) is 81.8 cm³/mol. The molecule has 1 aromatic carbocycles. The van der Waals surface area contributed by atoms with Crippen molar-refractivity contribution in [2.45, 2.75) is 44.1 Å². The minimum atomic E-state index is -0.315. The van der Waals surface area contributed by atoms with Gasteiger partial charge >= 0.3 is 0 Å². The Labute approximate surface area is 130 Å². The molecule has 2 aliphatic rings. The third-order valence-corrected chi connectivity index (χ3v) is 4.71. The molecule has 0 unspecified atom stereocenters. The van der Waals surface area contributed by atoms with E-state index in [4.69, 9.17) is 4.74 Å². The number of rotatable bonds is 3. The normalized spacial score (nSPS) is 28.4. The molecule has 0 radical (unpaired) electrons. The van der Waals surface area contributed by atoms with Gasteiger partial charge in [-0.2, -0.15) is 0 Å². The first-order valence-corrected chi connectivity index (χ1v) is 7.90. The molecule has 0 aromatic heterocycles. The second-order valence-corrected chi connectivity index (χ2v) is 6.39. The Hall–Kier alpha value is -1.46. The molecule has 120 valence electrons. The molecule has 22 heavy (non-hydrogen) atoms. The van der Waals surface area contributed by atoms with Gasteiger partial charge < -0.3 is 9.64 Å². The van der Waals surface area contributed by atoms with Crippen molar-refractivity contribution < 1.29 is 13.9 Å². The van der Waals surface area contributed by atoms with E-state index in [1.54, 1.807) is 25.1 Å². The minimum absolute atomic E-state index is 0.0472. The molecule has 3 rings (SSSR count). The molecular weight excluding hydrogens is 283 g/mol. The smallest absolute Gasteiger partial charge is 0.251 e. The van der Waals surface area contributed by atoms with E-state index in [0.29, 0.717) is 12.6 Å². The Morgan fingerprint density at radius 3 is 2.82 bits per heavy atom. The van der Waals surface area contributed by atoms with Crippen LogP contribution in [-0.2, 0) is 16.1 Å². The molecule has 1 aromatic rings. The van der Waals surface area contributed by atoms with E-state index in [2.05, 4.69) is 4.90 Å². The minimum Gasteiger partial charge on any atom is -0.363 e. The van der Waals surface area contributed by atoms with Crippen LogP contribution in [0.15, 0.2) is 24.3 Å². The van der Waals surface area contributed by atoms with E-state index in [1.165, 1.54) is 6.07 Å². The molecule has 2 fully saturated rings. The number of likely N-dealkylation sites (N-methyl/N-ethyl adjacent to an activating group) is 1. The fourth-order valence-electron chi connectivity index (χ4n) is 3.53. The maximum absolute atomic E-state index is 13.8. The first kappa shape index (κ1) is 15.4. The summed E-state index contributed by atoms with van der Waals surface area (Å²) in [5.41, 5.74) is 0.731. The molecule has 0 saturated carbocycles. The van der Waals surface area contributed by atoms with Crippen LogP contribution in [0.1, 0.15) is 24.8 Å². The molecule has 4 nitrogen and oxygen atoms in total. The monoisotopic (exact) mass is 306 g/mol. The van der Waals surface area contributed by atoms with Gasteiger partial charge in [0, 0.05) is 38.8 Å². The molecule has 0 bridgehead atoms. The number of nitrogens with zero attached hydrogens (tertiary/aromatic N) is 2. The van der Waals surface area contributed by atoms with Crippen molar-refractivity contribution >= 4 is 5.91 Å². The van der Waals surface area contributed by atoms with Crippen LogP contribution in [0.3, 0.4) is 0 Å². The molecule has 2 aliphatic heterocycles. The van der Waals surface area contributed by atoms with Crippen LogP contribution in [0.2, 0.25) is 0 Å². The maximum atomic E-state index is 13.8. The van der Waals surface area contributed by atoms with Gasteiger partial charge in [0.2, 0.25) is 0 Å². The number of carbonyl (C=O) groups excluding carboxylic acids is 1. The average Bonchev–Trinajstić information content (AvgIpc) is 2.91. The second kappa shape index (κ2) is 6.34. The lowest BCUT2D eigenvalue weighted by Crippen LogP contribution is -2.47. The number of hydrogen-bond donors (Lipinski definition) is 0. The summed E-state index contributed by atoms with van der Waals surface area (Å²) in [6.45, 7) is 1.51. The number of carbonyl (C=O) groups is 1. The van der Waals surface area contributed by atoms with Crippen LogP contribution in [0.4, 0.5) is 4.39 Å². The molecule has 0 spiro atoms. The van der Waals surface area contributed by atoms with Gasteiger partial charge in [-0.15, -0.1) is 0 Å². The first-order valence-electron chi connectivity index (χ1n) is 7.90. The summed E-state index contributed by atoms with van der Waals surface area (Å²) in [6.07, 6.45) is 2.37. The molecule has 0 N–H and O–H groups in total. The van der Waals surface area contributed by atoms with Crippen LogP contribution in [0.25, 0.3) is 0 Å². The Balaban J connectivity index is 1.63. The van der Waals surface area contributed by atoms with Crippen LogP contribution < -0.4 is 0 Å². The van der Waals surface area contributed by atoms with Gasteiger partial charge in [0.05, 0.1) is 6.10 Å². The highest BCUT2D eigenvalue weighted by molar-refractivity contribution is 5.80. The number of halogens is 1. The summed E-state index contributed by atoms with van der Waals surface area (Å²) < 4.78 is 19.8. The summed E-state index contributed by atoms with van der Waals surface area (Å²) in [5.74, 6) is -0.102. The highest BCUT2D eigenvalue weighted by Crippen LogP contribution is 2.33. The van der Waals surface area contributed by atoms with E-state index in [9.17, 15) is 9.18 Å². The van der Waals surface area contributed by atoms with Crippen molar-refractivity contribution in [3.8, 4) is 0 Å². The van der Waals surface area contributed by atoms with Gasteiger partial charge in [0.15, 0.2) is 0 Å². The summed E-state index contributed by atoms with van der Waals surface area (Å²) in [5, 5.41) is 0. The third-order valence-electron chi connectivity index (χ3n) is 4.71. The fraction of sp³-hybridized carbons (Fsp3) is 0.588. The number of ether oxygens (including phenoxy) is 1. The largest absolute Gasteiger partial charge is 0.363 e. The van der Waals surface area contributed by atoms with Gasteiger partial charge in [-0.3, -0.25) is 9.69 Å². The van der Waals surface area contributed by atoms with Crippen molar-refractivity contribution in [2.24, 2.45) is 0 Å². The lowest BCUT2D eigenvalue weighted by atomic mass is 9.98. The van der Waals surface area contributed by atoms with Crippen molar-refractivity contribution in [3.05, 3.63) is 35.6 Å².